The number of benzene rings is 1. The molecular weight excluding hydrogens is 270 g/mol. The average molecular weight is 287 g/mol. The molecule has 0 unspecified atom stereocenters. The third-order valence-corrected chi connectivity index (χ3v) is 2.98. The summed E-state index contributed by atoms with van der Waals surface area (Å²) in [7, 11) is 3.04. The van der Waals surface area contributed by atoms with E-state index in [1.54, 1.807) is 24.3 Å². The summed E-state index contributed by atoms with van der Waals surface area (Å²) in [6.45, 7) is 1.86. The number of nitrogen functional groups attached to an aromatic ring is 1. The Morgan fingerprint density at radius 2 is 1.86 bits per heavy atom. The number of ether oxygens (including phenoxy) is 2. The lowest BCUT2D eigenvalue weighted by molar-refractivity contribution is 0.102. The Labute approximate surface area is 122 Å². The van der Waals surface area contributed by atoms with Gasteiger partial charge in [0.05, 0.1) is 31.2 Å². The molecule has 1 amide bonds. The van der Waals surface area contributed by atoms with E-state index in [1.165, 1.54) is 20.4 Å². The summed E-state index contributed by atoms with van der Waals surface area (Å²) in [5, 5.41) is 2.73. The zero-order valence-corrected chi connectivity index (χ0v) is 12.1. The molecule has 0 bridgehead atoms. The van der Waals surface area contributed by atoms with Gasteiger partial charge in [0.2, 0.25) is 0 Å². The summed E-state index contributed by atoms with van der Waals surface area (Å²) >= 11 is 0. The molecule has 0 atom stereocenters. The van der Waals surface area contributed by atoms with Gasteiger partial charge in [-0.25, -0.2) is 0 Å². The smallest absolute Gasteiger partial charge is 0.257 e. The van der Waals surface area contributed by atoms with Gasteiger partial charge in [-0.2, -0.15) is 0 Å². The highest BCUT2D eigenvalue weighted by atomic mass is 16.5. The minimum Gasteiger partial charge on any atom is -0.493 e. The van der Waals surface area contributed by atoms with Crippen LogP contribution in [-0.2, 0) is 0 Å². The van der Waals surface area contributed by atoms with Crippen molar-refractivity contribution in [2.75, 3.05) is 25.3 Å². The fourth-order valence-corrected chi connectivity index (χ4v) is 1.80. The zero-order chi connectivity index (χ0) is 15.4. The van der Waals surface area contributed by atoms with E-state index in [0.29, 0.717) is 28.4 Å². The molecule has 0 radical (unpaired) electrons. The van der Waals surface area contributed by atoms with Crippen molar-refractivity contribution < 1.29 is 14.3 Å². The van der Waals surface area contributed by atoms with Gasteiger partial charge >= 0.3 is 0 Å². The molecule has 0 spiro atoms. The Morgan fingerprint density at radius 1 is 1.19 bits per heavy atom. The fourth-order valence-electron chi connectivity index (χ4n) is 1.80. The molecule has 6 heteroatoms. The monoisotopic (exact) mass is 287 g/mol. The number of rotatable bonds is 4. The molecule has 1 aromatic heterocycles. The Hall–Kier alpha value is -2.76. The van der Waals surface area contributed by atoms with E-state index < -0.39 is 0 Å². The van der Waals surface area contributed by atoms with Crippen molar-refractivity contribution in [2.24, 2.45) is 0 Å². The van der Waals surface area contributed by atoms with Crippen molar-refractivity contribution in [3.8, 4) is 11.5 Å². The lowest BCUT2D eigenvalue weighted by atomic mass is 10.2. The van der Waals surface area contributed by atoms with E-state index in [4.69, 9.17) is 15.2 Å². The quantitative estimate of drug-likeness (QED) is 0.842. The van der Waals surface area contributed by atoms with Crippen LogP contribution in [0.3, 0.4) is 0 Å². The highest BCUT2D eigenvalue weighted by Gasteiger charge is 2.13. The molecule has 2 aromatic rings. The van der Waals surface area contributed by atoms with Crippen molar-refractivity contribution in [2.45, 2.75) is 6.92 Å². The molecule has 110 valence electrons. The van der Waals surface area contributed by atoms with Crippen LogP contribution in [0.1, 0.15) is 16.1 Å². The second-order valence-electron chi connectivity index (χ2n) is 4.44. The number of aromatic nitrogens is 1. The maximum atomic E-state index is 12.2. The van der Waals surface area contributed by atoms with Gasteiger partial charge < -0.3 is 20.5 Å². The van der Waals surface area contributed by atoms with Crippen LogP contribution in [-0.4, -0.2) is 25.1 Å². The van der Waals surface area contributed by atoms with Gasteiger partial charge in [0, 0.05) is 24.0 Å². The zero-order valence-electron chi connectivity index (χ0n) is 12.1. The van der Waals surface area contributed by atoms with Gasteiger partial charge in [-0.15, -0.1) is 0 Å². The topological polar surface area (TPSA) is 86.5 Å². The molecule has 0 aliphatic heterocycles. The van der Waals surface area contributed by atoms with Gasteiger partial charge in [0.25, 0.3) is 5.91 Å². The highest BCUT2D eigenvalue weighted by Crippen LogP contribution is 2.34. The number of aryl methyl sites for hydroxylation is 1. The maximum absolute atomic E-state index is 12.2. The number of nitrogens with one attached hydrogen (secondary N) is 1. The van der Waals surface area contributed by atoms with Gasteiger partial charge in [-0.05, 0) is 19.1 Å². The van der Waals surface area contributed by atoms with Crippen LogP contribution in [0.4, 0.5) is 11.4 Å². The second-order valence-corrected chi connectivity index (χ2v) is 4.44. The van der Waals surface area contributed by atoms with E-state index in [1.807, 2.05) is 6.92 Å². The molecule has 0 aliphatic rings. The molecule has 21 heavy (non-hydrogen) atoms. The summed E-state index contributed by atoms with van der Waals surface area (Å²) in [6.07, 6.45) is 1.52. The first-order chi connectivity index (χ1) is 10.0. The summed E-state index contributed by atoms with van der Waals surface area (Å²) in [5.41, 5.74) is 8.05. The molecule has 1 heterocycles. The van der Waals surface area contributed by atoms with Crippen molar-refractivity contribution in [1.29, 1.82) is 0 Å². The van der Waals surface area contributed by atoms with Crippen LogP contribution in [0.25, 0.3) is 0 Å². The van der Waals surface area contributed by atoms with Gasteiger partial charge in [0.15, 0.2) is 11.5 Å². The fraction of sp³-hybridized carbons (Fsp3) is 0.200. The van der Waals surface area contributed by atoms with Crippen molar-refractivity contribution in [3.05, 3.63) is 41.7 Å². The predicted molar refractivity (Wildman–Crippen MR) is 80.9 cm³/mol. The molecular formula is C15H17N3O3. The molecule has 0 saturated heterocycles. The maximum Gasteiger partial charge on any atom is 0.257 e. The summed E-state index contributed by atoms with van der Waals surface area (Å²) in [6, 6.07) is 6.69. The number of nitrogens with zero attached hydrogens (tertiary/aromatic N) is 1. The normalized spacial score (nSPS) is 10.0. The van der Waals surface area contributed by atoms with Gasteiger partial charge in [-0.1, -0.05) is 0 Å². The lowest BCUT2D eigenvalue weighted by Gasteiger charge is -2.13. The summed E-state index contributed by atoms with van der Waals surface area (Å²) in [4.78, 5) is 16.2. The third kappa shape index (κ3) is 3.22. The number of carbonyl (C=O) groups is 1. The van der Waals surface area contributed by atoms with Crippen LogP contribution < -0.4 is 20.5 Å². The standard InChI is InChI=1S/C15H17N3O3/c1-9-4-5-10(8-17-9)15(19)18-12-7-14(21-3)13(20-2)6-11(12)16/h4-8H,16H2,1-3H3,(H,18,19). The number of hydrogen-bond donors (Lipinski definition) is 2. The van der Waals surface area contributed by atoms with E-state index >= 15 is 0 Å². The SMILES string of the molecule is COc1cc(N)c(NC(=O)c2ccc(C)nc2)cc1OC. The highest BCUT2D eigenvalue weighted by molar-refractivity contribution is 6.05. The Morgan fingerprint density at radius 3 is 2.43 bits per heavy atom. The predicted octanol–water partition coefficient (Wildman–Crippen LogP) is 2.24. The third-order valence-electron chi connectivity index (χ3n) is 2.98. The summed E-state index contributed by atoms with van der Waals surface area (Å²) in [5.74, 6) is 0.704. The van der Waals surface area contributed by atoms with Gasteiger partial charge in [-0.3, -0.25) is 9.78 Å². The van der Waals surface area contributed by atoms with Gasteiger partial charge in [0.1, 0.15) is 0 Å². The number of carbonyl (C=O) groups excluding carboxylic acids is 1. The Kier molecular flexibility index (Phi) is 4.27. The number of nitrogens with two attached hydrogens (primary N) is 1. The number of anilines is 2. The first-order valence-corrected chi connectivity index (χ1v) is 6.30. The molecule has 2 rings (SSSR count). The molecule has 3 N–H and O–H groups in total. The number of pyridine rings is 1. The van der Waals surface area contributed by atoms with E-state index in [2.05, 4.69) is 10.3 Å². The molecule has 0 saturated carbocycles. The van der Waals surface area contributed by atoms with Crippen LogP contribution in [0.2, 0.25) is 0 Å². The number of amides is 1. The first kappa shape index (κ1) is 14.6. The molecule has 0 fully saturated rings. The van der Waals surface area contributed by atoms with Crippen LogP contribution in [0.5, 0.6) is 11.5 Å². The van der Waals surface area contributed by atoms with E-state index in [-0.39, 0.29) is 5.91 Å². The Balaban J connectivity index is 2.26. The van der Waals surface area contributed by atoms with E-state index in [0.717, 1.165) is 5.69 Å². The van der Waals surface area contributed by atoms with Crippen molar-refractivity contribution in [1.82, 2.24) is 4.98 Å². The van der Waals surface area contributed by atoms with Crippen LogP contribution in [0, 0.1) is 6.92 Å². The second kappa shape index (κ2) is 6.13. The summed E-state index contributed by atoms with van der Waals surface area (Å²) < 4.78 is 10.3. The lowest BCUT2D eigenvalue weighted by Crippen LogP contribution is -2.13. The minimum atomic E-state index is -0.290. The van der Waals surface area contributed by atoms with Crippen molar-refractivity contribution >= 4 is 17.3 Å². The Bertz CT molecular complexity index is 654. The average Bonchev–Trinajstić information content (AvgIpc) is 2.49. The van der Waals surface area contributed by atoms with E-state index in [9.17, 15) is 4.79 Å². The van der Waals surface area contributed by atoms with Crippen LogP contribution in [0.15, 0.2) is 30.5 Å². The molecule has 0 aliphatic carbocycles. The van der Waals surface area contributed by atoms with Crippen LogP contribution >= 0.6 is 0 Å². The van der Waals surface area contributed by atoms with Crippen molar-refractivity contribution in [3.63, 3.8) is 0 Å². The number of methoxy groups -OCH3 is 2. The molecule has 1 aromatic carbocycles. The first-order valence-electron chi connectivity index (χ1n) is 6.30. The number of hydrogen-bond acceptors (Lipinski definition) is 5. The molecule has 6 nitrogen and oxygen atoms in total. The minimum absolute atomic E-state index is 0.290. The largest absolute Gasteiger partial charge is 0.493 e.